The average Bonchev–Trinajstić information content (AvgIpc) is 2.55. The van der Waals surface area contributed by atoms with Crippen LogP contribution >= 0.6 is 0 Å². The van der Waals surface area contributed by atoms with Crippen molar-refractivity contribution in [2.24, 2.45) is 5.73 Å². The van der Waals surface area contributed by atoms with E-state index in [1.807, 2.05) is 48.5 Å². The van der Waals surface area contributed by atoms with Crippen LogP contribution in [0, 0.1) is 0 Å². The molecule has 0 unspecified atom stereocenters. The Labute approximate surface area is 129 Å². The van der Waals surface area contributed by atoms with Gasteiger partial charge < -0.3 is 10.5 Å². The van der Waals surface area contributed by atoms with E-state index >= 15 is 0 Å². The molecule has 0 radical (unpaired) electrons. The quantitative estimate of drug-likeness (QED) is 0.592. The highest BCUT2D eigenvalue weighted by Crippen LogP contribution is 2.17. The molecule has 0 bridgehead atoms. The Kier molecular flexibility index (Phi) is 4.17. The molecule has 0 aliphatic rings. The van der Waals surface area contributed by atoms with Crippen molar-refractivity contribution in [3.05, 3.63) is 78.4 Å². The lowest BCUT2D eigenvalue weighted by atomic mass is 10.0. The SMILES string of the molecule is N[C@@H](Cc1ccc2ccccc2c1)C(=O)Oc1ccccc1. The number of ether oxygens (including phenoxy) is 1. The number of fused-ring (bicyclic) bond motifs is 1. The van der Waals surface area contributed by atoms with Gasteiger partial charge in [-0.25, -0.2) is 4.79 Å². The first-order chi connectivity index (χ1) is 10.7. The van der Waals surface area contributed by atoms with Gasteiger partial charge >= 0.3 is 5.97 Å². The van der Waals surface area contributed by atoms with Crippen LogP contribution in [0.4, 0.5) is 0 Å². The van der Waals surface area contributed by atoms with Crippen molar-refractivity contribution in [1.29, 1.82) is 0 Å². The Morgan fingerprint density at radius 3 is 2.36 bits per heavy atom. The van der Waals surface area contributed by atoms with Crippen LogP contribution in [0.1, 0.15) is 5.56 Å². The monoisotopic (exact) mass is 291 g/mol. The molecule has 0 spiro atoms. The minimum Gasteiger partial charge on any atom is -0.425 e. The molecular weight excluding hydrogens is 274 g/mol. The van der Waals surface area contributed by atoms with Crippen molar-refractivity contribution in [2.45, 2.75) is 12.5 Å². The maximum Gasteiger partial charge on any atom is 0.328 e. The predicted molar refractivity (Wildman–Crippen MR) is 87.7 cm³/mol. The van der Waals surface area contributed by atoms with Gasteiger partial charge in [0.2, 0.25) is 0 Å². The minimum absolute atomic E-state index is 0.417. The van der Waals surface area contributed by atoms with Crippen LogP contribution in [-0.2, 0) is 11.2 Å². The van der Waals surface area contributed by atoms with Crippen LogP contribution in [0.15, 0.2) is 72.8 Å². The third-order valence-electron chi connectivity index (χ3n) is 3.53. The zero-order chi connectivity index (χ0) is 15.4. The molecule has 22 heavy (non-hydrogen) atoms. The van der Waals surface area contributed by atoms with Crippen molar-refractivity contribution in [3.63, 3.8) is 0 Å². The number of hydrogen-bond acceptors (Lipinski definition) is 3. The zero-order valence-corrected chi connectivity index (χ0v) is 12.1. The van der Waals surface area contributed by atoms with Gasteiger partial charge in [-0.15, -0.1) is 0 Å². The van der Waals surface area contributed by atoms with Crippen LogP contribution in [0.3, 0.4) is 0 Å². The maximum absolute atomic E-state index is 12.0. The Morgan fingerprint density at radius 2 is 1.59 bits per heavy atom. The molecule has 2 N–H and O–H groups in total. The second kappa shape index (κ2) is 6.41. The number of hydrogen-bond donors (Lipinski definition) is 1. The molecule has 0 amide bonds. The van der Waals surface area contributed by atoms with E-state index in [4.69, 9.17) is 10.5 Å². The molecular formula is C19H17NO2. The predicted octanol–water partition coefficient (Wildman–Crippen LogP) is 3.32. The van der Waals surface area contributed by atoms with E-state index in [1.165, 1.54) is 5.39 Å². The average molecular weight is 291 g/mol. The first-order valence-electron chi connectivity index (χ1n) is 7.22. The molecule has 3 heteroatoms. The summed E-state index contributed by atoms with van der Waals surface area (Å²) in [6.45, 7) is 0. The van der Waals surface area contributed by atoms with Crippen molar-refractivity contribution >= 4 is 16.7 Å². The third-order valence-corrected chi connectivity index (χ3v) is 3.53. The number of esters is 1. The molecule has 0 aliphatic carbocycles. The number of rotatable bonds is 4. The highest BCUT2D eigenvalue weighted by atomic mass is 16.5. The number of carbonyl (C=O) groups is 1. The summed E-state index contributed by atoms with van der Waals surface area (Å²) in [7, 11) is 0. The van der Waals surface area contributed by atoms with Crippen molar-refractivity contribution < 1.29 is 9.53 Å². The topological polar surface area (TPSA) is 52.3 Å². The lowest BCUT2D eigenvalue weighted by Gasteiger charge is -2.12. The van der Waals surface area contributed by atoms with Gasteiger partial charge in [0.05, 0.1) is 0 Å². The van der Waals surface area contributed by atoms with Crippen LogP contribution in [0.5, 0.6) is 5.75 Å². The standard InChI is InChI=1S/C19H17NO2/c20-18(19(21)22-17-8-2-1-3-9-17)13-14-10-11-15-6-4-5-7-16(15)12-14/h1-12,18H,13,20H2/t18-/m0/s1. The van der Waals surface area contributed by atoms with Crippen molar-refractivity contribution in [1.82, 2.24) is 0 Å². The minimum atomic E-state index is -0.679. The van der Waals surface area contributed by atoms with Gasteiger partial charge in [0.25, 0.3) is 0 Å². The first kappa shape index (κ1) is 14.3. The molecule has 0 fully saturated rings. The van der Waals surface area contributed by atoms with Crippen LogP contribution in [0.25, 0.3) is 10.8 Å². The van der Waals surface area contributed by atoms with Crippen LogP contribution in [-0.4, -0.2) is 12.0 Å². The summed E-state index contributed by atoms with van der Waals surface area (Å²) in [6.07, 6.45) is 0.455. The molecule has 1 atom stereocenters. The van der Waals surface area contributed by atoms with E-state index in [0.29, 0.717) is 12.2 Å². The highest BCUT2D eigenvalue weighted by Gasteiger charge is 2.16. The zero-order valence-electron chi connectivity index (χ0n) is 12.1. The molecule has 0 heterocycles. The number of para-hydroxylation sites is 1. The van der Waals surface area contributed by atoms with Crippen LogP contribution in [0.2, 0.25) is 0 Å². The normalized spacial score (nSPS) is 12.0. The summed E-state index contributed by atoms with van der Waals surface area (Å²) in [5, 5.41) is 2.32. The van der Waals surface area contributed by atoms with E-state index in [9.17, 15) is 4.79 Å². The summed E-state index contributed by atoms with van der Waals surface area (Å²) in [4.78, 5) is 12.0. The largest absolute Gasteiger partial charge is 0.425 e. The second-order valence-electron chi connectivity index (χ2n) is 5.23. The molecule has 3 rings (SSSR count). The summed E-state index contributed by atoms with van der Waals surface area (Å²) in [5.41, 5.74) is 6.99. The fraction of sp³-hybridized carbons (Fsp3) is 0.105. The molecule has 0 aromatic heterocycles. The van der Waals surface area contributed by atoms with E-state index < -0.39 is 12.0 Å². The molecule has 3 aromatic rings. The van der Waals surface area contributed by atoms with Crippen molar-refractivity contribution in [3.8, 4) is 5.75 Å². The van der Waals surface area contributed by atoms with Gasteiger partial charge in [-0.05, 0) is 34.9 Å². The number of benzene rings is 3. The molecule has 110 valence electrons. The van der Waals surface area contributed by atoms with Gasteiger partial charge in [-0.1, -0.05) is 60.7 Å². The van der Waals surface area contributed by atoms with Gasteiger partial charge in [-0.3, -0.25) is 0 Å². The molecule has 0 aliphatic heterocycles. The number of nitrogens with two attached hydrogens (primary N) is 1. The second-order valence-corrected chi connectivity index (χ2v) is 5.23. The highest BCUT2D eigenvalue weighted by molar-refractivity contribution is 5.83. The van der Waals surface area contributed by atoms with E-state index in [2.05, 4.69) is 12.1 Å². The van der Waals surface area contributed by atoms with Gasteiger partial charge in [0.1, 0.15) is 11.8 Å². The Hall–Kier alpha value is -2.65. The number of carbonyl (C=O) groups excluding carboxylic acids is 1. The Morgan fingerprint density at radius 1 is 0.909 bits per heavy atom. The third kappa shape index (κ3) is 3.32. The van der Waals surface area contributed by atoms with Gasteiger partial charge in [0.15, 0.2) is 0 Å². The van der Waals surface area contributed by atoms with E-state index in [-0.39, 0.29) is 0 Å². The van der Waals surface area contributed by atoms with Crippen LogP contribution < -0.4 is 10.5 Å². The summed E-state index contributed by atoms with van der Waals surface area (Å²) in [5.74, 6) is 0.0980. The lowest BCUT2D eigenvalue weighted by Crippen LogP contribution is -2.36. The first-order valence-corrected chi connectivity index (χ1v) is 7.22. The molecule has 3 aromatic carbocycles. The van der Waals surface area contributed by atoms with Gasteiger partial charge in [-0.2, -0.15) is 0 Å². The molecule has 0 saturated heterocycles. The summed E-state index contributed by atoms with van der Waals surface area (Å²) < 4.78 is 5.27. The maximum atomic E-state index is 12.0. The Balaban J connectivity index is 1.69. The molecule has 0 saturated carbocycles. The molecule has 3 nitrogen and oxygen atoms in total. The fourth-order valence-electron chi connectivity index (χ4n) is 2.38. The van der Waals surface area contributed by atoms with Gasteiger partial charge in [0, 0.05) is 0 Å². The summed E-state index contributed by atoms with van der Waals surface area (Å²) in [6, 6.07) is 22.5. The fourth-order valence-corrected chi connectivity index (χ4v) is 2.38. The summed E-state index contributed by atoms with van der Waals surface area (Å²) >= 11 is 0. The van der Waals surface area contributed by atoms with E-state index in [1.54, 1.807) is 12.1 Å². The Bertz CT molecular complexity index is 784. The van der Waals surface area contributed by atoms with Crippen molar-refractivity contribution in [2.75, 3.05) is 0 Å². The van der Waals surface area contributed by atoms with E-state index in [0.717, 1.165) is 10.9 Å². The lowest BCUT2D eigenvalue weighted by molar-refractivity contribution is -0.135. The smallest absolute Gasteiger partial charge is 0.328 e.